The molecule has 2 aromatic rings. The smallest absolute Gasteiger partial charge is 0.00502 e. The quantitative estimate of drug-likeness (QED) is 0.596. The van der Waals surface area contributed by atoms with Crippen LogP contribution in [-0.2, 0) is 0 Å². The minimum absolute atomic E-state index is 0.574. The van der Waals surface area contributed by atoms with Gasteiger partial charge in [0, 0.05) is 5.92 Å². The van der Waals surface area contributed by atoms with E-state index in [0.29, 0.717) is 11.8 Å². The van der Waals surface area contributed by atoms with E-state index >= 15 is 0 Å². The van der Waals surface area contributed by atoms with Gasteiger partial charge >= 0.3 is 0 Å². The van der Waals surface area contributed by atoms with E-state index in [4.69, 9.17) is 0 Å². The predicted molar refractivity (Wildman–Crippen MR) is 105 cm³/mol. The lowest BCUT2D eigenvalue weighted by Gasteiger charge is -2.15. The molecule has 1 unspecified atom stereocenters. The summed E-state index contributed by atoms with van der Waals surface area (Å²) in [6.45, 7) is 6.76. The van der Waals surface area contributed by atoms with E-state index in [-0.39, 0.29) is 0 Å². The van der Waals surface area contributed by atoms with Gasteiger partial charge in [0.25, 0.3) is 0 Å². The fraction of sp³-hybridized carbons (Fsp3) is 0.250. The van der Waals surface area contributed by atoms with Crippen molar-refractivity contribution >= 4 is 17.2 Å². The lowest BCUT2D eigenvalue weighted by Crippen LogP contribution is -2.01. The van der Waals surface area contributed by atoms with E-state index in [9.17, 15) is 0 Å². The fourth-order valence-electron chi connectivity index (χ4n) is 3.87. The van der Waals surface area contributed by atoms with Crippen molar-refractivity contribution in [2.24, 2.45) is 5.92 Å². The molecule has 2 aromatic carbocycles. The van der Waals surface area contributed by atoms with Crippen molar-refractivity contribution in [2.75, 3.05) is 0 Å². The van der Waals surface area contributed by atoms with Crippen molar-refractivity contribution in [1.82, 2.24) is 0 Å². The molecule has 0 aliphatic heterocycles. The van der Waals surface area contributed by atoms with Crippen LogP contribution < -0.4 is 0 Å². The van der Waals surface area contributed by atoms with E-state index in [0.717, 1.165) is 6.42 Å². The number of fused-ring (bicyclic) bond motifs is 1. The second-order valence-electron chi connectivity index (χ2n) is 7.38. The predicted octanol–water partition coefficient (Wildman–Crippen LogP) is 6.63. The Morgan fingerprint density at radius 3 is 2.67 bits per heavy atom. The van der Waals surface area contributed by atoms with E-state index in [1.54, 1.807) is 0 Å². The molecule has 0 heteroatoms. The number of benzene rings is 2. The third kappa shape index (κ3) is 2.67. The first-order chi connectivity index (χ1) is 11.6. The van der Waals surface area contributed by atoms with Gasteiger partial charge in [-0.1, -0.05) is 80.1 Å². The number of hydrogen-bond acceptors (Lipinski definition) is 0. The second kappa shape index (κ2) is 5.94. The van der Waals surface area contributed by atoms with Gasteiger partial charge in [0.1, 0.15) is 0 Å². The summed E-state index contributed by atoms with van der Waals surface area (Å²) in [7, 11) is 0. The maximum Gasteiger partial charge on any atom is 0.00502 e. The molecule has 1 atom stereocenters. The summed E-state index contributed by atoms with van der Waals surface area (Å²) in [5.74, 6) is 1.23. The largest absolute Gasteiger partial charge is 0.0761 e. The number of hydrogen-bond donors (Lipinski definition) is 0. The van der Waals surface area contributed by atoms with Crippen LogP contribution in [0.1, 0.15) is 54.0 Å². The molecule has 0 nitrogen and oxygen atoms in total. The molecule has 0 saturated heterocycles. The first-order valence-electron chi connectivity index (χ1n) is 8.92. The molecule has 0 spiro atoms. The zero-order chi connectivity index (χ0) is 16.7. The van der Waals surface area contributed by atoms with E-state index in [1.807, 2.05) is 0 Å². The van der Waals surface area contributed by atoms with Crippen molar-refractivity contribution < 1.29 is 0 Å². The minimum Gasteiger partial charge on any atom is -0.0761 e. The highest BCUT2D eigenvalue weighted by atomic mass is 14.3. The van der Waals surface area contributed by atoms with Gasteiger partial charge in [-0.15, -0.1) is 0 Å². The van der Waals surface area contributed by atoms with Crippen molar-refractivity contribution in [2.45, 2.75) is 33.1 Å². The summed E-state index contributed by atoms with van der Waals surface area (Å²) in [4.78, 5) is 0. The third-order valence-corrected chi connectivity index (χ3v) is 5.24. The third-order valence-electron chi connectivity index (χ3n) is 5.24. The highest BCUT2D eigenvalue weighted by Crippen LogP contribution is 2.38. The lowest BCUT2D eigenvalue weighted by atomic mass is 9.89. The van der Waals surface area contributed by atoms with E-state index in [1.165, 1.54) is 39.0 Å². The average Bonchev–Trinajstić information content (AvgIpc) is 3.21. The zero-order valence-corrected chi connectivity index (χ0v) is 14.7. The van der Waals surface area contributed by atoms with Gasteiger partial charge in [0.05, 0.1) is 0 Å². The molecular weight excluding hydrogens is 288 g/mol. The van der Waals surface area contributed by atoms with Gasteiger partial charge in [-0.25, -0.2) is 0 Å². The molecule has 0 bridgehead atoms. The first-order valence-corrected chi connectivity index (χ1v) is 8.92. The molecule has 2 aliphatic rings. The Balaban J connectivity index is 1.63. The van der Waals surface area contributed by atoms with Crippen LogP contribution in [0.2, 0.25) is 0 Å². The zero-order valence-electron chi connectivity index (χ0n) is 14.7. The summed E-state index contributed by atoms with van der Waals surface area (Å²) in [5.41, 5.74) is 9.66. The normalized spacial score (nSPS) is 18.8. The van der Waals surface area contributed by atoms with Crippen LogP contribution in [0.4, 0.5) is 0 Å². The van der Waals surface area contributed by atoms with E-state index in [2.05, 4.69) is 87.5 Å². The van der Waals surface area contributed by atoms with Crippen LogP contribution in [0.5, 0.6) is 0 Å². The summed E-state index contributed by atoms with van der Waals surface area (Å²) in [6.07, 6.45) is 10.4. The molecule has 0 aromatic heterocycles. The topological polar surface area (TPSA) is 0 Å². The van der Waals surface area contributed by atoms with Gasteiger partial charge in [-0.3, -0.25) is 0 Å². The number of allylic oxidation sites excluding steroid dienone is 5. The summed E-state index contributed by atoms with van der Waals surface area (Å²) in [6, 6.07) is 15.8. The maximum absolute atomic E-state index is 2.36. The van der Waals surface area contributed by atoms with Crippen molar-refractivity contribution in [3.05, 3.63) is 88.5 Å². The van der Waals surface area contributed by atoms with E-state index < -0.39 is 0 Å². The standard InChI is InChI=1S/C24H24/c1-16(2)23-11-10-22-15-21(9-12-24(22)23)20-8-7-19(14-20)18-6-4-5-17(3)13-18/h4-6,8-16,23H,7H2,1-3H3. The first kappa shape index (κ1) is 15.2. The molecule has 24 heavy (non-hydrogen) atoms. The molecule has 4 rings (SSSR count). The molecule has 0 saturated carbocycles. The van der Waals surface area contributed by atoms with Crippen LogP contribution in [0.15, 0.2) is 60.7 Å². The van der Waals surface area contributed by atoms with Crippen molar-refractivity contribution in [3.63, 3.8) is 0 Å². The average molecular weight is 312 g/mol. The van der Waals surface area contributed by atoms with Crippen LogP contribution in [0.3, 0.4) is 0 Å². The molecule has 0 fully saturated rings. The summed E-state index contributed by atoms with van der Waals surface area (Å²) >= 11 is 0. The SMILES string of the molecule is Cc1cccc(C2=CC(c3ccc4c(c3)C=CC4C(C)C)=CC2)c1. The Labute approximate surface area is 145 Å². The van der Waals surface area contributed by atoms with Crippen molar-refractivity contribution in [3.8, 4) is 0 Å². The van der Waals surface area contributed by atoms with Gasteiger partial charge in [-0.2, -0.15) is 0 Å². The monoisotopic (exact) mass is 312 g/mol. The van der Waals surface area contributed by atoms with Crippen LogP contribution in [0.25, 0.3) is 17.2 Å². The molecular formula is C24H24. The van der Waals surface area contributed by atoms with Gasteiger partial charge in [0.2, 0.25) is 0 Å². The molecule has 2 aliphatic carbocycles. The Morgan fingerprint density at radius 1 is 1.00 bits per heavy atom. The van der Waals surface area contributed by atoms with Crippen LogP contribution in [0, 0.1) is 12.8 Å². The number of rotatable bonds is 3. The lowest BCUT2D eigenvalue weighted by molar-refractivity contribution is 0.584. The Kier molecular flexibility index (Phi) is 3.76. The second-order valence-corrected chi connectivity index (χ2v) is 7.38. The van der Waals surface area contributed by atoms with Crippen molar-refractivity contribution in [1.29, 1.82) is 0 Å². The molecule has 0 radical (unpaired) electrons. The molecule has 0 heterocycles. The van der Waals surface area contributed by atoms with Crippen LogP contribution in [-0.4, -0.2) is 0 Å². The number of aryl methyl sites for hydroxylation is 1. The Morgan fingerprint density at radius 2 is 1.88 bits per heavy atom. The molecule has 0 N–H and O–H groups in total. The summed E-state index contributed by atoms with van der Waals surface area (Å²) in [5, 5.41) is 0. The molecule has 0 amide bonds. The molecule has 120 valence electrons. The highest BCUT2D eigenvalue weighted by molar-refractivity contribution is 5.90. The summed E-state index contributed by atoms with van der Waals surface area (Å²) < 4.78 is 0. The van der Waals surface area contributed by atoms with Gasteiger partial charge in [-0.05, 0) is 58.7 Å². The maximum atomic E-state index is 2.36. The Hall–Kier alpha value is -2.34. The highest BCUT2D eigenvalue weighted by Gasteiger charge is 2.21. The minimum atomic E-state index is 0.574. The fourth-order valence-corrected chi connectivity index (χ4v) is 3.87. The van der Waals surface area contributed by atoms with Gasteiger partial charge in [0.15, 0.2) is 0 Å². The van der Waals surface area contributed by atoms with Crippen LogP contribution >= 0.6 is 0 Å². The Bertz CT molecular complexity index is 875. The van der Waals surface area contributed by atoms with Gasteiger partial charge < -0.3 is 0 Å².